The number of rotatable bonds is 2. The maximum Gasteiger partial charge on any atom is 0.308 e. The number of carbonyl (C=O) groups excluding carboxylic acids is 2. The van der Waals surface area contributed by atoms with Crippen LogP contribution >= 0.6 is 0 Å². The van der Waals surface area contributed by atoms with Crippen LogP contribution in [0.1, 0.15) is 23.7 Å². The Bertz CT molecular complexity index is 473. The second kappa shape index (κ2) is 5.18. The molecule has 0 bridgehead atoms. The van der Waals surface area contributed by atoms with Crippen molar-refractivity contribution in [2.24, 2.45) is 5.73 Å². The van der Waals surface area contributed by atoms with Gasteiger partial charge in [-0.25, -0.2) is 0 Å². The van der Waals surface area contributed by atoms with Gasteiger partial charge in [0.05, 0.1) is 5.56 Å². The highest BCUT2D eigenvalue weighted by atomic mass is 16.5. The van der Waals surface area contributed by atoms with Crippen molar-refractivity contribution in [3.05, 3.63) is 29.8 Å². The molecule has 1 atom stereocenters. The average Bonchev–Trinajstić information content (AvgIpc) is 2.75. The number of esters is 1. The summed E-state index contributed by atoms with van der Waals surface area (Å²) in [6, 6.07) is 6.78. The van der Waals surface area contributed by atoms with E-state index in [-0.39, 0.29) is 11.9 Å². The summed E-state index contributed by atoms with van der Waals surface area (Å²) in [6.45, 7) is 2.51. The van der Waals surface area contributed by atoms with Crippen LogP contribution in [0.15, 0.2) is 24.3 Å². The van der Waals surface area contributed by atoms with E-state index in [2.05, 4.69) is 0 Å². The molecule has 96 valence electrons. The van der Waals surface area contributed by atoms with Crippen LogP contribution in [-0.4, -0.2) is 35.9 Å². The van der Waals surface area contributed by atoms with E-state index >= 15 is 0 Å². The summed E-state index contributed by atoms with van der Waals surface area (Å²) in [5.41, 5.74) is 6.18. The molecule has 0 spiro atoms. The normalized spacial score (nSPS) is 18.8. The number of hydrogen-bond acceptors (Lipinski definition) is 4. The first-order valence-electron chi connectivity index (χ1n) is 5.90. The summed E-state index contributed by atoms with van der Waals surface area (Å²) in [5, 5.41) is 0. The molecule has 1 aliphatic rings. The topological polar surface area (TPSA) is 72.6 Å². The molecule has 0 aliphatic carbocycles. The van der Waals surface area contributed by atoms with E-state index < -0.39 is 5.97 Å². The van der Waals surface area contributed by atoms with Gasteiger partial charge in [0.25, 0.3) is 5.91 Å². The Morgan fingerprint density at radius 2 is 2.11 bits per heavy atom. The van der Waals surface area contributed by atoms with Gasteiger partial charge in [0.1, 0.15) is 5.75 Å². The molecule has 2 N–H and O–H groups in total. The lowest BCUT2D eigenvalue weighted by Gasteiger charge is -2.17. The number of para-hydroxylation sites is 1. The van der Waals surface area contributed by atoms with Crippen LogP contribution in [0.25, 0.3) is 0 Å². The Hall–Kier alpha value is -1.88. The fraction of sp³-hybridized carbons (Fsp3) is 0.385. The summed E-state index contributed by atoms with van der Waals surface area (Å²) in [7, 11) is 0. The first kappa shape index (κ1) is 12.6. The first-order chi connectivity index (χ1) is 8.58. The van der Waals surface area contributed by atoms with Crippen LogP contribution in [0.4, 0.5) is 0 Å². The molecule has 2 rings (SSSR count). The standard InChI is InChI=1S/C13H16N2O3/c1-9(16)18-12-5-3-2-4-11(12)13(17)15-7-6-10(14)8-15/h2-5,10H,6-8,14H2,1H3. The minimum atomic E-state index is -0.437. The Labute approximate surface area is 106 Å². The van der Waals surface area contributed by atoms with E-state index in [0.717, 1.165) is 6.42 Å². The van der Waals surface area contributed by atoms with E-state index in [1.165, 1.54) is 6.92 Å². The Balaban J connectivity index is 2.21. The van der Waals surface area contributed by atoms with Crippen LogP contribution in [0.2, 0.25) is 0 Å². The molecule has 1 aliphatic heterocycles. The highest BCUT2D eigenvalue weighted by Gasteiger charge is 2.26. The third-order valence-electron chi connectivity index (χ3n) is 2.88. The lowest BCUT2D eigenvalue weighted by atomic mass is 10.2. The van der Waals surface area contributed by atoms with Crippen molar-refractivity contribution in [2.75, 3.05) is 13.1 Å². The first-order valence-corrected chi connectivity index (χ1v) is 5.90. The van der Waals surface area contributed by atoms with Crippen molar-refractivity contribution in [2.45, 2.75) is 19.4 Å². The van der Waals surface area contributed by atoms with Gasteiger partial charge in [-0.15, -0.1) is 0 Å². The van der Waals surface area contributed by atoms with Gasteiger partial charge in [0, 0.05) is 26.1 Å². The van der Waals surface area contributed by atoms with Gasteiger partial charge in [-0.2, -0.15) is 0 Å². The predicted molar refractivity (Wildman–Crippen MR) is 66.2 cm³/mol. The van der Waals surface area contributed by atoms with Crippen LogP contribution in [0.3, 0.4) is 0 Å². The molecule has 5 nitrogen and oxygen atoms in total. The quantitative estimate of drug-likeness (QED) is 0.620. The molecule has 1 fully saturated rings. The maximum atomic E-state index is 12.3. The molecule has 0 aromatic heterocycles. The number of amides is 1. The van der Waals surface area contributed by atoms with Gasteiger partial charge in [0.2, 0.25) is 0 Å². The molecule has 1 heterocycles. The van der Waals surface area contributed by atoms with Gasteiger partial charge in [-0.05, 0) is 18.6 Å². The van der Waals surface area contributed by atoms with Crippen molar-refractivity contribution in [1.29, 1.82) is 0 Å². The van der Waals surface area contributed by atoms with Gasteiger partial charge in [-0.1, -0.05) is 12.1 Å². The molecule has 18 heavy (non-hydrogen) atoms. The molecule has 0 saturated carbocycles. The second-order valence-corrected chi connectivity index (χ2v) is 4.39. The van der Waals surface area contributed by atoms with E-state index in [9.17, 15) is 9.59 Å². The molecule has 0 radical (unpaired) electrons. The van der Waals surface area contributed by atoms with Gasteiger partial charge in [-0.3, -0.25) is 9.59 Å². The summed E-state index contributed by atoms with van der Waals surface area (Å²) in [5.74, 6) is -0.274. The highest BCUT2D eigenvalue weighted by molar-refractivity contribution is 5.97. The lowest BCUT2D eigenvalue weighted by molar-refractivity contribution is -0.131. The molecule has 1 saturated heterocycles. The van der Waals surface area contributed by atoms with Gasteiger partial charge in [0.15, 0.2) is 0 Å². The van der Waals surface area contributed by atoms with E-state index in [1.54, 1.807) is 29.2 Å². The minimum absolute atomic E-state index is 0.0369. The zero-order valence-corrected chi connectivity index (χ0v) is 10.3. The fourth-order valence-corrected chi connectivity index (χ4v) is 2.03. The summed E-state index contributed by atoms with van der Waals surface area (Å²) in [4.78, 5) is 25.0. The molecule has 1 unspecified atom stereocenters. The van der Waals surface area contributed by atoms with Crippen molar-refractivity contribution in [1.82, 2.24) is 4.90 Å². The zero-order valence-electron chi connectivity index (χ0n) is 10.3. The van der Waals surface area contributed by atoms with E-state index in [0.29, 0.717) is 24.4 Å². The zero-order chi connectivity index (χ0) is 13.1. The highest BCUT2D eigenvalue weighted by Crippen LogP contribution is 2.22. The monoisotopic (exact) mass is 248 g/mol. The minimum Gasteiger partial charge on any atom is -0.426 e. The number of ether oxygens (including phenoxy) is 1. The number of likely N-dealkylation sites (tertiary alicyclic amines) is 1. The fourth-order valence-electron chi connectivity index (χ4n) is 2.03. The van der Waals surface area contributed by atoms with E-state index in [1.807, 2.05) is 0 Å². The molecule has 5 heteroatoms. The number of hydrogen-bond donors (Lipinski definition) is 1. The van der Waals surface area contributed by atoms with Crippen LogP contribution in [-0.2, 0) is 4.79 Å². The van der Waals surface area contributed by atoms with Crippen molar-refractivity contribution >= 4 is 11.9 Å². The largest absolute Gasteiger partial charge is 0.426 e. The molecular formula is C13H16N2O3. The van der Waals surface area contributed by atoms with Crippen LogP contribution < -0.4 is 10.5 Å². The second-order valence-electron chi connectivity index (χ2n) is 4.39. The van der Waals surface area contributed by atoms with Gasteiger partial charge < -0.3 is 15.4 Å². The molecular weight excluding hydrogens is 232 g/mol. The lowest BCUT2D eigenvalue weighted by Crippen LogP contribution is -2.32. The van der Waals surface area contributed by atoms with Crippen molar-refractivity contribution < 1.29 is 14.3 Å². The predicted octanol–water partition coefficient (Wildman–Crippen LogP) is 0.785. The Morgan fingerprint density at radius 1 is 1.39 bits per heavy atom. The SMILES string of the molecule is CC(=O)Oc1ccccc1C(=O)N1CCC(N)C1. The number of nitrogens with two attached hydrogens (primary N) is 1. The number of benzene rings is 1. The van der Waals surface area contributed by atoms with Gasteiger partial charge >= 0.3 is 5.97 Å². The summed E-state index contributed by atoms with van der Waals surface area (Å²) < 4.78 is 5.04. The maximum absolute atomic E-state index is 12.3. The summed E-state index contributed by atoms with van der Waals surface area (Å²) in [6.07, 6.45) is 0.807. The molecule has 1 aromatic carbocycles. The van der Waals surface area contributed by atoms with Crippen molar-refractivity contribution in [3.63, 3.8) is 0 Å². The average molecular weight is 248 g/mol. The van der Waals surface area contributed by atoms with Crippen LogP contribution in [0.5, 0.6) is 5.75 Å². The third kappa shape index (κ3) is 2.68. The smallest absolute Gasteiger partial charge is 0.308 e. The Morgan fingerprint density at radius 3 is 2.72 bits per heavy atom. The molecule has 1 amide bonds. The third-order valence-corrected chi connectivity index (χ3v) is 2.88. The van der Waals surface area contributed by atoms with Crippen LogP contribution in [0, 0.1) is 0 Å². The Kier molecular flexibility index (Phi) is 3.62. The van der Waals surface area contributed by atoms with E-state index in [4.69, 9.17) is 10.5 Å². The van der Waals surface area contributed by atoms with Crippen molar-refractivity contribution in [3.8, 4) is 5.75 Å². The number of carbonyl (C=O) groups is 2. The molecule has 1 aromatic rings. The summed E-state index contributed by atoms with van der Waals surface area (Å²) >= 11 is 0. The number of nitrogens with zero attached hydrogens (tertiary/aromatic N) is 1.